The first-order valence-electron chi connectivity index (χ1n) is 9.44. The molecule has 1 aromatic carbocycles. The summed E-state index contributed by atoms with van der Waals surface area (Å²) in [7, 11) is 0. The molecule has 2 aromatic rings. The van der Waals surface area contributed by atoms with Crippen molar-refractivity contribution in [1.82, 2.24) is 14.5 Å². The number of carbonyl (C=O) groups excluding carboxylic acids is 1. The number of aromatic nitrogens is 2. The second-order valence-corrected chi connectivity index (χ2v) is 8.52. The Balaban J connectivity index is 1.56. The molecule has 2 aliphatic rings. The molecule has 138 valence electrons. The van der Waals surface area contributed by atoms with Crippen LogP contribution in [0.2, 0.25) is 0 Å². The largest absolute Gasteiger partial charge is 0.334 e. The second-order valence-electron chi connectivity index (χ2n) is 8.26. The number of amides is 1. The van der Waals surface area contributed by atoms with Gasteiger partial charge in [-0.1, -0.05) is 32.0 Å². The Morgan fingerprint density at radius 3 is 3.08 bits per heavy atom. The summed E-state index contributed by atoms with van der Waals surface area (Å²) in [5.74, 6) is 0.0544. The highest BCUT2D eigenvalue weighted by molar-refractivity contribution is 6.27. The molecule has 4 rings (SSSR count). The fourth-order valence-electron chi connectivity index (χ4n) is 4.51. The number of fused-ring (bicyclic) bond motifs is 2. The van der Waals surface area contributed by atoms with Gasteiger partial charge in [-0.3, -0.25) is 4.79 Å². The van der Waals surface area contributed by atoms with Crippen molar-refractivity contribution in [2.45, 2.75) is 64.1 Å². The van der Waals surface area contributed by atoms with E-state index in [9.17, 15) is 4.79 Å². The van der Waals surface area contributed by atoms with Crippen molar-refractivity contribution < 1.29 is 4.79 Å². The third kappa shape index (κ3) is 3.16. The van der Waals surface area contributed by atoms with E-state index in [1.54, 1.807) is 0 Å². The molecule has 0 saturated heterocycles. The smallest absolute Gasteiger partial charge is 0.238 e. The predicted molar refractivity (Wildman–Crippen MR) is 103 cm³/mol. The minimum Gasteiger partial charge on any atom is -0.334 e. The van der Waals surface area contributed by atoms with E-state index in [0.717, 1.165) is 25.8 Å². The van der Waals surface area contributed by atoms with E-state index in [0.29, 0.717) is 6.54 Å². The van der Waals surface area contributed by atoms with Gasteiger partial charge in [0.05, 0.1) is 6.33 Å². The lowest BCUT2D eigenvalue weighted by atomic mass is 9.86. The molecular formula is C21H26ClN3O. The van der Waals surface area contributed by atoms with Gasteiger partial charge in [0.25, 0.3) is 0 Å². The Labute approximate surface area is 160 Å². The van der Waals surface area contributed by atoms with Crippen LogP contribution in [0.1, 0.15) is 49.1 Å². The topological polar surface area (TPSA) is 38.1 Å². The van der Waals surface area contributed by atoms with E-state index in [1.807, 2.05) is 17.4 Å². The van der Waals surface area contributed by atoms with E-state index >= 15 is 0 Å². The molecule has 1 unspecified atom stereocenters. The van der Waals surface area contributed by atoms with Crippen LogP contribution in [0.25, 0.3) is 0 Å². The average Bonchev–Trinajstić information content (AvgIpc) is 3.22. The Hall–Kier alpha value is -1.81. The second kappa shape index (κ2) is 6.73. The molecule has 0 bridgehead atoms. The van der Waals surface area contributed by atoms with Crippen molar-refractivity contribution in [3.63, 3.8) is 0 Å². The normalized spacial score (nSPS) is 20.5. The van der Waals surface area contributed by atoms with Crippen LogP contribution >= 0.6 is 11.6 Å². The molecule has 1 aliphatic carbocycles. The molecular weight excluding hydrogens is 346 g/mol. The van der Waals surface area contributed by atoms with Gasteiger partial charge in [0.2, 0.25) is 5.91 Å². The van der Waals surface area contributed by atoms with Crippen LogP contribution in [0, 0.1) is 0 Å². The molecule has 0 N–H and O–H groups in total. The molecule has 1 aliphatic heterocycles. The Morgan fingerprint density at radius 2 is 2.27 bits per heavy atom. The molecule has 0 spiro atoms. The number of rotatable bonds is 4. The lowest BCUT2D eigenvalue weighted by Gasteiger charge is -2.35. The molecule has 1 atom stereocenters. The summed E-state index contributed by atoms with van der Waals surface area (Å²) in [5.41, 5.74) is 5.57. The number of hydrogen-bond donors (Lipinski definition) is 0. The van der Waals surface area contributed by atoms with Crippen LogP contribution in [-0.4, -0.2) is 32.3 Å². The van der Waals surface area contributed by atoms with E-state index in [-0.39, 0.29) is 23.2 Å². The maximum atomic E-state index is 12.6. The van der Waals surface area contributed by atoms with Crippen molar-refractivity contribution >= 4 is 17.5 Å². The van der Waals surface area contributed by atoms with Gasteiger partial charge in [-0.15, -0.1) is 11.6 Å². The van der Waals surface area contributed by atoms with E-state index in [1.165, 1.54) is 28.8 Å². The van der Waals surface area contributed by atoms with E-state index in [4.69, 9.17) is 11.6 Å². The monoisotopic (exact) mass is 371 g/mol. The van der Waals surface area contributed by atoms with Gasteiger partial charge >= 0.3 is 0 Å². The number of halogens is 1. The van der Waals surface area contributed by atoms with Crippen LogP contribution in [0.3, 0.4) is 0 Å². The SMILES string of the molecule is CC1(C)CCc2cc(CN(C(=O)CCl)C3CCn4cncc4C3)ccc21. The summed E-state index contributed by atoms with van der Waals surface area (Å²) in [6.07, 6.45) is 7.91. The molecule has 1 amide bonds. The number of carbonyl (C=O) groups is 1. The zero-order valence-electron chi connectivity index (χ0n) is 15.5. The summed E-state index contributed by atoms with van der Waals surface area (Å²) in [6.45, 7) is 6.17. The van der Waals surface area contributed by atoms with Crippen LogP contribution in [0.15, 0.2) is 30.7 Å². The van der Waals surface area contributed by atoms with Gasteiger partial charge in [-0.2, -0.15) is 0 Å². The third-order valence-corrected chi connectivity index (χ3v) is 6.32. The van der Waals surface area contributed by atoms with Gasteiger partial charge in [0.15, 0.2) is 0 Å². The van der Waals surface area contributed by atoms with Crippen molar-refractivity contribution in [2.24, 2.45) is 0 Å². The van der Waals surface area contributed by atoms with E-state index in [2.05, 4.69) is 41.6 Å². The Morgan fingerprint density at radius 1 is 1.42 bits per heavy atom. The third-order valence-electron chi connectivity index (χ3n) is 6.09. The number of hydrogen-bond acceptors (Lipinski definition) is 2. The lowest BCUT2D eigenvalue weighted by molar-refractivity contribution is -0.131. The number of alkyl halides is 1. The van der Waals surface area contributed by atoms with Crippen LogP contribution < -0.4 is 0 Å². The minimum absolute atomic E-state index is 0.0189. The molecule has 26 heavy (non-hydrogen) atoms. The van der Waals surface area contributed by atoms with Gasteiger partial charge in [0.1, 0.15) is 5.88 Å². The maximum Gasteiger partial charge on any atom is 0.238 e. The Kier molecular flexibility index (Phi) is 4.55. The summed E-state index contributed by atoms with van der Waals surface area (Å²) in [6, 6.07) is 6.94. The quantitative estimate of drug-likeness (QED) is 0.769. The highest BCUT2D eigenvalue weighted by Crippen LogP contribution is 2.38. The number of nitrogens with zero attached hydrogens (tertiary/aromatic N) is 3. The first-order valence-corrected chi connectivity index (χ1v) is 9.98. The van der Waals surface area contributed by atoms with Gasteiger partial charge in [-0.25, -0.2) is 4.98 Å². The zero-order valence-corrected chi connectivity index (χ0v) is 16.3. The first-order chi connectivity index (χ1) is 12.5. The van der Waals surface area contributed by atoms with Gasteiger partial charge in [-0.05, 0) is 41.4 Å². The molecule has 2 heterocycles. The lowest BCUT2D eigenvalue weighted by Crippen LogP contribution is -2.44. The molecule has 0 saturated carbocycles. The fraction of sp³-hybridized carbons (Fsp3) is 0.524. The zero-order chi connectivity index (χ0) is 18.3. The number of benzene rings is 1. The maximum absolute atomic E-state index is 12.6. The van der Waals surface area contributed by atoms with Crippen molar-refractivity contribution in [2.75, 3.05) is 5.88 Å². The molecule has 4 nitrogen and oxygen atoms in total. The summed E-state index contributed by atoms with van der Waals surface area (Å²) in [5, 5.41) is 0. The van der Waals surface area contributed by atoms with Gasteiger partial charge < -0.3 is 9.47 Å². The predicted octanol–water partition coefficient (Wildman–Crippen LogP) is 3.69. The Bertz CT molecular complexity index is 826. The highest BCUT2D eigenvalue weighted by Gasteiger charge is 2.31. The van der Waals surface area contributed by atoms with Crippen molar-refractivity contribution in [3.8, 4) is 0 Å². The molecule has 5 heteroatoms. The molecule has 0 radical (unpaired) electrons. The highest BCUT2D eigenvalue weighted by atomic mass is 35.5. The first kappa shape index (κ1) is 17.6. The van der Waals surface area contributed by atoms with Crippen LogP contribution in [0.4, 0.5) is 0 Å². The summed E-state index contributed by atoms with van der Waals surface area (Å²) < 4.78 is 2.18. The summed E-state index contributed by atoms with van der Waals surface area (Å²) in [4.78, 5) is 18.8. The summed E-state index contributed by atoms with van der Waals surface area (Å²) >= 11 is 5.93. The van der Waals surface area contributed by atoms with Crippen molar-refractivity contribution in [1.29, 1.82) is 0 Å². The number of aryl methyl sites for hydroxylation is 2. The average molecular weight is 372 g/mol. The fourth-order valence-corrected chi connectivity index (χ4v) is 4.66. The van der Waals surface area contributed by atoms with Gasteiger partial charge in [0, 0.05) is 37.4 Å². The number of imidazole rings is 1. The minimum atomic E-state index is 0.0189. The molecule has 1 aromatic heterocycles. The molecule has 0 fully saturated rings. The van der Waals surface area contributed by atoms with Crippen LogP contribution in [0.5, 0.6) is 0 Å². The standard InChI is InChI=1S/C21H26ClN3O/c1-21(2)7-5-16-9-15(3-4-19(16)21)13-25(20(26)11-22)17-6-8-24-14-23-12-18(24)10-17/h3-4,9,12,14,17H,5-8,10-11,13H2,1-2H3. The van der Waals surface area contributed by atoms with Crippen LogP contribution in [-0.2, 0) is 36.1 Å². The van der Waals surface area contributed by atoms with Crippen molar-refractivity contribution in [3.05, 3.63) is 53.1 Å². The van der Waals surface area contributed by atoms with E-state index < -0.39 is 0 Å².